The first-order chi connectivity index (χ1) is 7.65. The summed E-state index contributed by atoms with van der Waals surface area (Å²) in [6.45, 7) is 0.776. The van der Waals surface area contributed by atoms with Crippen LogP contribution in [-0.4, -0.2) is 26.1 Å². The van der Waals surface area contributed by atoms with E-state index in [0.29, 0.717) is 5.69 Å². The zero-order valence-corrected chi connectivity index (χ0v) is 9.51. The number of nitrogens with one attached hydrogen (secondary N) is 1. The average molecular weight is 220 g/mol. The van der Waals surface area contributed by atoms with Crippen molar-refractivity contribution in [1.82, 2.24) is 19.6 Å². The summed E-state index contributed by atoms with van der Waals surface area (Å²) in [5.74, 6) is 0.735. The van der Waals surface area contributed by atoms with Crippen molar-refractivity contribution in [3.8, 4) is 0 Å². The van der Waals surface area contributed by atoms with Crippen LogP contribution in [0.4, 0.5) is 11.5 Å². The molecule has 0 bridgehead atoms. The summed E-state index contributed by atoms with van der Waals surface area (Å²) in [6.07, 6.45) is 4.57. The summed E-state index contributed by atoms with van der Waals surface area (Å²) < 4.78 is 3.49. The first kappa shape index (κ1) is 10.5. The Labute approximate surface area is 94.1 Å². The highest BCUT2D eigenvalue weighted by atomic mass is 15.3. The van der Waals surface area contributed by atoms with Gasteiger partial charge in [0.2, 0.25) is 0 Å². The highest BCUT2D eigenvalue weighted by Crippen LogP contribution is 2.13. The van der Waals surface area contributed by atoms with Crippen molar-refractivity contribution in [2.75, 3.05) is 17.6 Å². The second-order valence-electron chi connectivity index (χ2n) is 3.76. The van der Waals surface area contributed by atoms with Crippen molar-refractivity contribution in [2.45, 2.75) is 6.42 Å². The van der Waals surface area contributed by atoms with Gasteiger partial charge in [-0.2, -0.15) is 10.2 Å². The number of hydrogen-bond acceptors (Lipinski definition) is 4. The molecule has 0 atom stereocenters. The maximum absolute atomic E-state index is 5.76. The standard InChI is InChI=1S/C10H16N6/c1-15-6-4-8(13-15)3-5-12-10-9(11)7-16(2)14-10/h4,6-7H,3,5,11H2,1-2H3,(H,12,14). The Morgan fingerprint density at radius 2 is 2.12 bits per heavy atom. The number of nitrogens with two attached hydrogens (primary N) is 1. The topological polar surface area (TPSA) is 73.7 Å². The van der Waals surface area contributed by atoms with E-state index in [1.807, 2.05) is 26.4 Å². The van der Waals surface area contributed by atoms with Crippen LogP contribution in [0.15, 0.2) is 18.5 Å². The summed E-state index contributed by atoms with van der Waals surface area (Å²) in [6, 6.07) is 2.00. The lowest BCUT2D eigenvalue weighted by molar-refractivity contribution is 0.740. The monoisotopic (exact) mass is 220 g/mol. The molecule has 0 amide bonds. The van der Waals surface area contributed by atoms with Crippen molar-refractivity contribution in [3.63, 3.8) is 0 Å². The van der Waals surface area contributed by atoms with Gasteiger partial charge in [-0.3, -0.25) is 9.36 Å². The van der Waals surface area contributed by atoms with Gasteiger partial charge in [-0.05, 0) is 6.07 Å². The predicted octanol–water partition coefficient (Wildman–Crippen LogP) is 0.390. The van der Waals surface area contributed by atoms with E-state index in [-0.39, 0.29) is 0 Å². The average Bonchev–Trinajstić information content (AvgIpc) is 2.74. The van der Waals surface area contributed by atoms with Crippen LogP contribution in [0.3, 0.4) is 0 Å². The van der Waals surface area contributed by atoms with E-state index in [1.54, 1.807) is 15.6 Å². The SMILES string of the molecule is Cn1ccc(CCNc2nn(C)cc2N)n1. The van der Waals surface area contributed by atoms with Crippen LogP contribution in [0, 0.1) is 0 Å². The van der Waals surface area contributed by atoms with Crippen LogP contribution >= 0.6 is 0 Å². The van der Waals surface area contributed by atoms with E-state index in [4.69, 9.17) is 5.73 Å². The van der Waals surface area contributed by atoms with Crippen LogP contribution in [0.5, 0.6) is 0 Å². The van der Waals surface area contributed by atoms with Gasteiger partial charge in [-0.25, -0.2) is 0 Å². The summed E-state index contributed by atoms with van der Waals surface area (Å²) in [4.78, 5) is 0. The molecular weight excluding hydrogens is 204 g/mol. The van der Waals surface area contributed by atoms with Crippen LogP contribution in [0.2, 0.25) is 0 Å². The molecular formula is C10H16N6. The third-order valence-electron chi connectivity index (χ3n) is 2.30. The zero-order valence-electron chi connectivity index (χ0n) is 9.51. The molecule has 0 saturated heterocycles. The number of rotatable bonds is 4. The third-order valence-corrected chi connectivity index (χ3v) is 2.30. The third kappa shape index (κ3) is 2.33. The van der Waals surface area contributed by atoms with Gasteiger partial charge in [0.15, 0.2) is 5.82 Å². The van der Waals surface area contributed by atoms with Crippen LogP contribution < -0.4 is 11.1 Å². The highest BCUT2D eigenvalue weighted by molar-refractivity contribution is 5.59. The fourth-order valence-electron chi connectivity index (χ4n) is 1.55. The van der Waals surface area contributed by atoms with E-state index in [9.17, 15) is 0 Å². The van der Waals surface area contributed by atoms with Gasteiger partial charge in [-0.15, -0.1) is 0 Å². The van der Waals surface area contributed by atoms with Crippen LogP contribution in [-0.2, 0) is 20.5 Å². The molecule has 0 aliphatic rings. The molecule has 0 spiro atoms. The van der Waals surface area contributed by atoms with Crippen LogP contribution in [0.25, 0.3) is 0 Å². The molecule has 2 heterocycles. The Bertz CT molecular complexity index is 469. The van der Waals surface area contributed by atoms with Gasteiger partial charge in [-0.1, -0.05) is 0 Å². The van der Waals surface area contributed by atoms with Crippen molar-refractivity contribution in [3.05, 3.63) is 24.2 Å². The maximum Gasteiger partial charge on any atom is 0.171 e. The normalized spacial score (nSPS) is 10.6. The molecule has 2 aromatic heterocycles. The Morgan fingerprint density at radius 1 is 1.31 bits per heavy atom. The smallest absolute Gasteiger partial charge is 0.171 e. The minimum atomic E-state index is 0.670. The van der Waals surface area contributed by atoms with Gasteiger partial charge in [0.05, 0.1) is 11.4 Å². The molecule has 6 heteroatoms. The zero-order chi connectivity index (χ0) is 11.5. The number of hydrogen-bond donors (Lipinski definition) is 2. The molecule has 0 aromatic carbocycles. The molecule has 0 saturated carbocycles. The fraction of sp³-hybridized carbons (Fsp3) is 0.400. The second kappa shape index (κ2) is 4.26. The van der Waals surface area contributed by atoms with E-state index >= 15 is 0 Å². The van der Waals surface area contributed by atoms with Gasteiger partial charge < -0.3 is 11.1 Å². The number of nitrogens with zero attached hydrogens (tertiary/aromatic N) is 4. The number of aromatic nitrogens is 4. The van der Waals surface area contributed by atoms with Crippen molar-refractivity contribution in [2.24, 2.45) is 14.1 Å². The van der Waals surface area contributed by atoms with E-state index in [2.05, 4.69) is 15.5 Å². The molecule has 2 aromatic rings. The lowest BCUT2D eigenvalue weighted by Crippen LogP contribution is -2.07. The van der Waals surface area contributed by atoms with Gasteiger partial charge in [0.1, 0.15) is 0 Å². The summed E-state index contributed by atoms with van der Waals surface area (Å²) in [5, 5.41) is 11.7. The van der Waals surface area contributed by atoms with Crippen LogP contribution in [0.1, 0.15) is 5.69 Å². The molecule has 2 rings (SSSR count). The summed E-state index contributed by atoms with van der Waals surface area (Å²) in [7, 11) is 3.76. The number of nitrogen functional groups attached to an aromatic ring is 1. The molecule has 6 nitrogen and oxygen atoms in total. The molecule has 3 N–H and O–H groups in total. The Hall–Kier alpha value is -1.98. The second-order valence-corrected chi connectivity index (χ2v) is 3.76. The molecule has 0 fully saturated rings. The van der Waals surface area contributed by atoms with Crippen molar-refractivity contribution < 1.29 is 0 Å². The molecule has 0 aliphatic heterocycles. The first-order valence-corrected chi connectivity index (χ1v) is 5.16. The van der Waals surface area contributed by atoms with E-state index < -0.39 is 0 Å². The van der Waals surface area contributed by atoms with Gasteiger partial charge >= 0.3 is 0 Å². The summed E-state index contributed by atoms with van der Waals surface area (Å²) in [5.41, 5.74) is 7.49. The molecule has 0 radical (unpaired) electrons. The largest absolute Gasteiger partial charge is 0.394 e. The lowest BCUT2D eigenvalue weighted by Gasteiger charge is -2.01. The molecule has 0 unspecified atom stereocenters. The Balaban J connectivity index is 1.86. The summed E-state index contributed by atoms with van der Waals surface area (Å²) >= 11 is 0. The Kier molecular flexibility index (Phi) is 2.80. The maximum atomic E-state index is 5.76. The van der Waals surface area contributed by atoms with Crippen molar-refractivity contribution in [1.29, 1.82) is 0 Å². The van der Waals surface area contributed by atoms with Crippen molar-refractivity contribution >= 4 is 11.5 Å². The van der Waals surface area contributed by atoms with E-state index in [1.165, 1.54) is 0 Å². The minimum Gasteiger partial charge on any atom is -0.394 e. The molecule has 16 heavy (non-hydrogen) atoms. The number of aryl methyl sites for hydroxylation is 2. The lowest BCUT2D eigenvalue weighted by atomic mass is 10.3. The quantitative estimate of drug-likeness (QED) is 0.781. The van der Waals surface area contributed by atoms with Gasteiger partial charge in [0, 0.05) is 39.5 Å². The molecule has 0 aliphatic carbocycles. The van der Waals surface area contributed by atoms with E-state index in [0.717, 1.165) is 24.5 Å². The van der Waals surface area contributed by atoms with Gasteiger partial charge in [0.25, 0.3) is 0 Å². The fourth-order valence-corrected chi connectivity index (χ4v) is 1.55. The minimum absolute atomic E-state index is 0.670. The first-order valence-electron chi connectivity index (χ1n) is 5.16. The number of anilines is 2. The molecule has 86 valence electrons. The Morgan fingerprint density at radius 3 is 2.69 bits per heavy atom. The predicted molar refractivity (Wildman–Crippen MR) is 63.0 cm³/mol. The highest BCUT2D eigenvalue weighted by Gasteiger charge is 2.03.